The lowest BCUT2D eigenvalue weighted by molar-refractivity contribution is 0.103. The summed E-state index contributed by atoms with van der Waals surface area (Å²) in [5, 5.41) is 12.3. The lowest BCUT2D eigenvalue weighted by Gasteiger charge is -2.33. The molecule has 0 unspecified atom stereocenters. The molecule has 1 rings (SSSR count). The van der Waals surface area contributed by atoms with Crippen molar-refractivity contribution in [3.63, 3.8) is 0 Å². The van der Waals surface area contributed by atoms with Gasteiger partial charge in [0.2, 0.25) is 5.28 Å². The van der Waals surface area contributed by atoms with E-state index in [0.717, 1.165) is 0 Å². The first-order valence-electron chi connectivity index (χ1n) is 5.53. The van der Waals surface area contributed by atoms with Crippen LogP contribution in [-0.4, -0.2) is 44.7 Å². The molecule has 0 saturated heterocycles. The smallest absolute Gasteiger partial charge is 0.407 e. The highest BCUT2D eigenvalue weighted by atomic mass is 35.5. The fourth-order valence-corrected chi connectivity index (χ4v) is 1.59. The number of halogens is 1. The van der Waals surface area contributed by atoms with Crippen molar-refractivity contribution in [3.05, 3.63) is 17.5 Å². The minimum Gasteiger partial charge on any atom is -0.465 e. The van der Waals surface area contributed by atoms with Gasteiger partial charge in [0, 0.05) is 24.8 Å². The van der Waals surface area contributed by atoms with Gasteiger partial charge in [0.15, 0.2) is 0 Å². The van der Waals surface area contributed by atoms with Gasteiger partial charge < -0.3 is 15.3 Å². The van der Waals surface area contributed by atoms with Gasteiger partial charge in [-0.15, -0.1) is 0 Å². The van der Waals surface area contributed by atoms with Crippen LogP contribution in [0.25, 0.3) is 0 Å². The van der Waals surface area contributed by atoms with E-state index in [2.05, 4.69) is 15.3 Å². The van der Waals surface area contributed by atoms with Crippen LogP contribution in [0.2, 0.25) is 5.28 Å². The molecule has 0 aliphatic carbocycles. The zero-order valence-electron chi connectivity index (χ0n) is 10.6. The molecule has 0 aromatic carbocycles. The average molecular weight is 273 g/mol. The molecule has 0 bridgehead atoms. The molecule has 1 aromatic heterocycles. The van der Waals surface area contributed by atoms with Crippen LogP contribution in [0, 0.1) is 0 Å². The Bertz CT molecular complexity index is 420. The SMILES string of the molecule is CC(C)(C)N(CCNc1ccnc(Cl)n1)C(=O)O. The first-order valence-corrected chi connectivity index (χ1v) is 5.91. The highest BCUT2D eigenvalue weighted by Gasteiger charge is 2.25. The Morgan fingerprint density at radius 1 is 1.56 bits per heavy atom. The third-order valence-electron chi connectivity index (χ3n) is 2.31. The van der Waals surface area contributed by atoms with E-state index in [-0.39, 0.29) is 5.28 Å². The summed E-state index contributed by atoms with van der Waals surface area (Å²) in [5.74, 6) is 0.578. The van der Waals surface area contributed by atoms with E-state index in [1.165, 1.54) is 11.1 Å². The van der Waals surface area contributed by atoms with Gasteiger partial charge in [0.1, 0.15) is 5.82 Å². The molecule has 0 aliphatic heterocycles. The molecule has 18 heavy (non-hydrogen) atoms. The van der Waals surface area contributed by atoms with Crippen LogP contribution in [0.5, 0.6) is 0 Å². The third-order valence-corrected chi connectivity index (χ3v) is 2.49. The number of anilines is 1. The molecule has 0 radical (unpaired) electrons. The van der Waals surface area contributed by atoms with Gasteiger partial charge in [0.05, 0.1) is 0 Å². The summed E-state index contributed by atoms with van der Waals surface area (Å²) in [6, 6.07) is 1.67. The van der Waals surface area contributed by atoms with Crippen molar-refractivity contribution < 1.29 is 9.90 Å². The number of aromatic nitrogens is 2. The molecular formula is C11H17ClN4O2. The normalized spacial score (nSPS) is 11.1. The van der Waals surface area contributed by atoms with E-state index >= 15 is 0 Å². The number of rotatable bonds is 4. The van der Waals surface area contributed by atoms with Crippen molar-refractivity contribution in [2.24, 2.45) is 0 Å². The minimum absolute atomic E-state index is 0.158. The number of carbonyl (C=O) groups is 1. The molecule has 2 N–H and O–H groups in total. The van der Waals surface area contributed by atoms with Crippen LogP contribution in [0.1, 0.15) is 20.8 Å². The average Bonchev–Trinajstić information content (AvgIpc) is 2.22. The molecule has 0 saturated carbocycles. The summed E-state index contributed by atoms with van der Waals surface area (Å²) < 4.78 is 0. The van der Waals surface area contributed by atoms with Crippen molar-refractivity contribution in [1.29, 1.82) is 0 Å². The van der Waals surface area contributed by atoms with Crippen molar-refractivity contribution >= 4 is 23.5 Å². The second-order valence-electron chi connectivity index (χ2n) is 4.74. The lowest BCUT2D eigenvalue weighted by Crippen LogP contribution is -2.47. The number of nitrogens with one attached hydrogen (secondary N) is 1. The fraction of sp³-hybridized carbons (Fsp3) is 0.545. The largest absolute Gasteiger partial charge is 0.465 e. The zero-order chi connectivity index (χ0) is 13.8. The monoisotopic (exact) mass is 272 g/mol. The number of hydrogen-bond acceptors (Lipinski definition) is 4. The predicted octanol–water partition coefficient (Wildman–Crippen LogP) is 2.32. The Kier molecular flexibility index (Phi) is 4.72. The summed E-state index contributed by atoms with van der Waals surface area (Å²) in [7, 11) is 0. The summed E-state index contributed by atoms with van der Waals surface area (Å²) >= 11 is 5.64. The molecule has 1 amide bonds. The van der Waals surface area contributed by atoms with Crippen LogP contribution in [0.4, 0.5) is 10.6 Å². The Labute approximate surface area is 111 Å². The maximum absolute atomic E-state index is 11.1. The molecule has 7 heteroatoms. The van der Waals surface area contributed by atoms with Gasteiger partial charge in [-0.1, -0.05) is 0 Å². The van der Waals surface area contributed by atoms with E-state index in [9.17, 15) is 4.79 Å². The van der Waals surface area contributed by atoms with E-state index in [4.69, 9.17) is 16.7 Å². The zero-order valence-corrected chi connectivity index (χ0v) is 11.4. The van der Waals surface area contributed by atoms with Gasteiger partial charge in [-0.2, -0.15) is 0 Å². The molecule has 100 valence electrons. The summed E-state index contributed by atoms with van der Waals surface area (Å²) in [5.41, 5.74) is -0.434. The molecule has 0 atom stereocenters. The maximum atomic E-state index is 11.1. The first-order chi connectivity index (χ1) is 8.30. The second kappa shape index (κ2) is 5.86. The quantitative estimate of drug-likeness (QED) is 0.823. The number of amides is 1. The van der Waals surface area contributed by atoms with E-state index in [1.807, 2.05) is 20.8 Å². The van der Waals surface area contributed by atoms with Gasteiger partial charge >= 0.3 is 6.09 Å². The standard InChI is InChI=1S/C11H17ClN4O2/c1-11(2,3)16(10(17)18)7-6-13-8-4-5-14-9(12)15-8/h4-5H,6-7H2,1-3H3,(H,17,18)(H,13,14,15). The Morgan fingerprint density at radius 3 is 2.72 bits per heavy atom. The van der Waals surface area contributed by atoms with E-state index in [0.29, 0.717) is 18.9 Å². The van der Waals surface area contributed by atoms with Crippen LogP contribution in [-0.2, 0) is 0 Å². The third kappa shape index (κ3) is 4.37. The van der Waals surface area contributed by atoms with E-state index < -0.39 is 11.6 Å². The molecular weight excluding hydrogens is 256 g/mol. The first kappa shape index (κ1) is 14.5. The summed E-state index contributed by atoms with van der Waals surface area (Å²) in [4.78, 5) is 20.2. The van der Waals surface area contributed by atoms with Crippen molar-refractivity contribution in [2.75, 3.05) is 18.4 Å². The molecule has 0 spiro atoms. The topological polar surface area (TPSA) is 78.3 Å². The van der Waals surface area contributed by atoms with E-state index in [1.54, 1.807) is 6.07 Å². The fourth-order valence-electron chi connectivity index (χ4n) is 1.45. The van der Waals surface area contributed by atoms with Crippen molar-refractivity contribution in [1.82, 2.24) is 14.9 Å². The van der Waals surface area contributed by atoms with Gasteiger partial charge in [-0.25, -0.2) is 14.8 Å². The number of hydrogen-bond donors (Lipinski definition) is 2. The van der Waals surface area contributed by atoms with Crippen LogP contribution < -0.4 is 5.32 Å². The van der Waals surface area contributed by atoms with Gasteiger partial charge in [0.25, 0.3) is 0 Å². The molecule has 0 aliphatic rings. The van der Waals surface area contributed by atoms with Crippen LogP contribution in [0.15, 0.2) is 12.3 Å². The Morgan fingerprint density at radius 2 is 2.22 bits per heavy atom. The van der Waals surface area contributed by atoms with Gasteiger partial charge in [-0.05, 0) is 38.4 Å². The van der Waals surface area contributed by atoms with Gasteiger partial charge in [-0.3, -0.25) is 0 Å². The lowest BCUT2D eigenvalue weighted by atomic mass is 10.1. The molecule has 1 aromatic rings. The highest BCUT2D eigenvalue weighted by Crippen LogP contribution is 2.13. The summed E-state index contributed by atoms with van der Waals surface area (Å²) in [6.45, 7) is 6.37. The molecule has 6 nitrogen and oxygen atoms in total. The Balaban J connectivity index is 2.52. The molecule has 0 fully saturated rings. The van der Waals surface area contributed by atoms with Crippen LogP contribution >= 0.6 is 11.6 Å². The molecule has 1 heterocycles. The number of carboxylic acid groups (broad SMARTS) is 1. The maximum Gasteiger partial charge on any atom is 0.407 e. The Hall–Kier alpha value is -1.56. The summed E-state index contributed by atoms with van der Waals surface area (Å²) in [6.07, 6.45) is 0.598. The highest BCUT2D eigenvalue weighted by molar-refractivity contribution is 6.28. The van der Waals surface area contributed by atoms with Crippen molar-refractivity contribution in [3.8, 4) is 0 Å². The number of nitrogens with zero attached hydrogens (tertiary/aromatic N) is 3. The van der Waals surface area contributed by atoms with Crippen LogP contribution in [0.3, 0.4) is 0 Å². The van der Waals surface area contributed by atoms with Crippen molar-refractivity contribution in [2.45, 2.75) is 26.3 Å². The second-order valence-corrected chi connectivity index (χ2v) is 5.08. The minimum atomic E-state index is -0.940. The predicted molar refractivity (Wildman–Crippen MR) is 70.0 cm³/mol.